The smallest absolute Gasteiger partial charge is 0.255 e. The van der Waals surface area contributed by atoms with Crippen molar-refractivity contribution in [1.29, 1.82) is 0 Å². The normalized spacial score (nSPS) is 22.7. The largest absolute Gasteiger partial charge is 0.440 e. The number of nitrogens with zero attached hydrogens (tertiary/aromatic N) is 1. The lowest BCUT2D eigenvalue weighted by atomic mass is 9.87. The highest BCUT2D eigenvalue weighted by molar-refractivity contribution is 7.99. The number of aromatic nitrogens is 1. The molecule has 3 rings (SSSR count). The van der Waals surface area contributed by atoms with Crippen molar-refractivity contribution in [2.24, 2.45) is 0 Å². The molecule has 2 aromatic rings. The number of nitrogens with one attached hydrogen (secondary N) is 1. The predicted octanol–water partition coefficient (Wildman–Crippen LogP) is 3.04. The number of benzene rings is 1. The predicted molar refractivity (Wildman–Crippen MR) is 72.7 cm³/mol. The Hall–Kier alpha value is -1.26. The molecule has 1 N–H and O–H groups in total. The van der Waals surface area contributed by atoms with Gasteiger partial charge in [-0.1, -0.05) is 36.0 Å². The fourth-order valence-electron chi connectivity index (χ4n) is 2.60. The second-order valence-corrected chi connectivity index (χ2v) is 5.65. The molecule has 0 aliphatic heterocycles. The van der Waals surface area contributed by atoms with Crippen LogP contribution in [-0.2, 0) is 6.42 Å². The van der Waals surface area contributed by atoms with E-state index in [1.165, 1.54) is 11.1 Å². The number of fused-ring (bicyclic) bond motifs is 1. The molecule has 0 fully saturated rings. The molecule has 0 saturated carbocycles. The molecule has 94 valence electrons. The van der Waals surface area contributed by atoms with Crippen molar-refractivity contribution in [2.45, 2.75) is 29.4 Å². The van der Waals surface area contributed by atoms with Gasteiger partial charge in [-0.05, 0) is 31.0 Å². The lowest BCUT2D eigenvalue weighted by Crippen LogP contribution is -2.32. The summed E-state index contributed by atoms with van der Waals surface area (Å²) in [5.41, 5.74) is 2.87. The molecule has 0 radical (unpaired) electrons. The third-order valence-electron chi connectivity index (χ3n) is 3.43. The average Bonchev–Trinajstić information content (AvgIpc) is 2.91. The van der Waals surface area contributed by atoms with Crippen LogP contribution in [0.25, 0.3) is 0 Å². The van der Waals surface area contributed by atoms with E-state index in [-0.39, 0.29) is 0 Å². The molecule has 1 heterocycles. The Kier molecular flexibility index (Phi) is 3.39. The zero-order chi connectivity index (χ0) is 12.4. The highest BCUT2D eigenvalue weighted by Crippen LogP contribution is 2.39. The minimum atomic E-state index is 0.367. The molecule has 1 aliphatic rings. The van der Waals surface area contributed by atoms with E-state index in [1.54, 1.807) is 24.2 Å². The van der Waals surface area contributed by atoms with E-state index in [4.69, 9.17) is 4.42 Å². The van der Waals surface area contributed by atoms with Gasteiger partial charge in [0.1, 0.15) is 6.26 Å². The number of hydrogen-bond donors (Lipinski definition) is 1. The summed E-state index contributed by atoms with van der Waals surface area (Å²) >= 11 is 1.73. The van der Waals surface area contributed by atoms with Gasteiger partial charge in [-0.3, -0.25) is 0 Å². The molecule has 1 aliphatic carbocycles. The van der Waals surface area contributed by atoms with Gasteiger partial charge in [-0.2, -0.15) is 0 Å². The van der Waals surface area contributed by atoms with Gasteiger partial charge in [0.15, 0.2) is 0 Å². The maximum absolute atomic E-state index is 5.34. The van der Waals surface area contributed by atoms with Gasteiger partial charge in [0.2, 0.25) is 0 Å². The summed E-state index contributed by atoms with van der Waals surface area (Å²) < 4.78 is 5.34. The van der Waals surface area contributed by atoms with Crippen LogP contribution in [0.2, 0.25) is 0 Å². The van der Waals surface area contributed by atoms with Crippen LogP contribution in [0.1, 0.15) is 23.6 Å². The van der Waals surface area contributed by atoms with Gasteiger partial charge in [-0.25, -0.2) is 4.98 Å². The summed E-state index contributed by atoms with van der Waals surface area (Å²) in [5, 5.41) is 4.67. The van der Waals surface area contributed by atoms with Crippen molar-refractivity contribution < 1.29 is 4.42 Å². The van der Waals surface area contributed by atoms with Gasteiger partial charge in [-0.15, -0.1) is 0 Å². The molecule has 1 aromatic carbocycles. The van der Waals surface area contributed by atoms with Crippen LogP contribution in [0.3, 0.4) is 0 Å². The summed E-state index contributed by atoms with van der Waals surface area (Å²) in [5.74, 6) is 0. The summed E-state index contributed by atoms with van der Waals surface area (Å²) in [4.78, 5) is 4.20. The molecule has 2 unspecified atom stereocenters. The van der Waals surface area contributed by atoms with Gasteiger partial charge < -0.3 is 9.73 Å². The van der Waals surface area contributed by atoms with Gasteiger partial charge >= 0.3 is 0 Å². The molecule has 3 nitrogen and oxygen atoms in total. The Balaban J connectivity index is 1.85. The summed E-state index contributed by atoms with van der Waals surface area (Å²) in [6.45, 7) is 0. The molecular formula is C14H16N2OS. The van der Waals surface area contributed by atoms with Gasteiger partial charge in [0.25, 0.3) is 5.22 Å². The fourth-order valence-corrected chi connectivity index (χ4v) is 3.74. The summed E-state index contributed by atoms with van der Waals surface area (Å²) in [6, 6.07) is 9.05. The molecule has 0 amide bonds. The highest BCUT2D eigenvalue weighted by atomic mass is 32.2. The van der Waals surface area contributed by atoms with E-state index >= 15 is 0 Å². The molecule has 0 spiro atoms. The van der Waals surface area contributed by atoms with E-state index in [1.807, 2.05) is 7.05 Å². The average molecular weight is 260 g/mol. The summed E-state index contributed by atoms with van der Waals surface area (Å²) in [6.07, 6.45) is 5.61. The first-order chi connectivity index (χ1) is 8.88. The van der Waals surface area contributed by atoms with Crippen LogP contribution < -0.4 is 5.32 Å². The van der Waals surface area contributed by atoms with Crippen LogP contribution >= 0.6 is 11.8 Å². The zero-order valence-electron chi connectivity index (χ0n) is 10.3. The molecule has 0 saturated heterocycles. The minimum Gasteiger partial charge on any atom is -0.440 e. The zero-order valence-corrected chi connectivity index (χ0v) is 11.1. The van der Waals surface area contributed by atoms with Crippen LogP contribution in [0, 0.1) is 0 Å². The van der Waals surface area contributed by atoms with E-state index in [0.29, 0.717) is 11.3 Å². The maximum atomic E-state index is 5.34. The van der Waals surface area contributed by atoms with Crippen molar-refractivity contribution >= 4 is 11.8 Å². The molecule has 2 atom stereocenters. The molecule has 0 bridgehead atoms. The standard InChI is InChI=1S/C14H16N2OS/c1-15-13-11-5-3-2-4-10(11)6-7-12(13)18-14-16-8-9-17-14/h2-5,8-9,12-13,15H,6-7H2,1H3. The summed E-state index contributed by atoms with van der Waals surface area (Å²) in [7, 11) is 2.02. The van der Waals surface area contributed by atoms with Crippen LogP contribution in [0.5, 0.6) is 0 Å². The molecule has 18 heavy (non-hydrogen) atoms. The third kappa shape index (κ3) is 2.18. The Morgan fingerprint density at radius 1 is 1.39 bits per heavy atom. The Labute approximate surface area is 111 Å². The van der Waals surface area contributed by atoms with Crippen molar-refractivity contribution in [3.63, 3.8) is 0 Å². The Morgan fingerprint density at radius 3 is 3.06 bits per heavy atom. The first-order valence-electron chi connectivity index (χ1n) is 6.19. The minimum absolute atomic E-state index is 0.367. The second-order valence-electron chi connectivity index (χ2n) is 4.46. The maximum Gasteiger partial charge on any atom is 0.255 e. The number of oxazole rings is 1. The third-order valence-corrected chi connectivity index (χ3v) is 4.65. The van der Waals surface area contributed by atoms with Crippen molar-refractivity contribution in [3.05, 3.63) is 47.9 Å². The molecular weight excluding hydrogens is 244 g/mol. The van der Waals surface area contributed by atoms with E-state index < -0.39 is 0 Å². The van der Waals surface area contributed by atoms with Gasteiger partial charge in [0, 0.05) is 11.3 Å². The van der Waals surface area contributed by atoms with Crippen molar-refractivity contribution in [1.82, 2.24) is 10.3 Å². The van der Waals surface area contributed by atoms with Crippen molar-refractivity contribution in [2.75, 3.05) is 7.05 Å². The molecule has 4 heteroatoms. The second kappa shape index (κ2) is 5.16. The van der Waals surface area contributed by atoms with Gasteiger partial charge in [0.05, 0.1) is 6.20 Å². The monoisotopic (exact) mass is 260 g/mol. The van der Waals surface area contributed by atoms with Crippen LogP contribution in [0.4, 0.5) is 0 Å². The molecule has 1 aromatic heterocycles. The fraction of sp³-hybridized carbons (Fsp3) is 0.357. The lowest BCUT2D eigenvalue weighted by molar-refractivity contribution is 0.446. The first kappa shape index (κ1) is 11.8. The van der Waals surface area contributed by atoms with Crippen molar-refractivity contribution in [3.8, 4) is 0 Å². The number of aryl methyl sites for hydroxylation is 1. The Morgan fingerprint density at radius 2 is 2.28 bits per heavy atom. The van der Waals surface area contributed by atoms with Crippen LogP contribution in [0.15, 0.2) is 46.4 Å². The SMILES string of the molecule is CNC1c2ccccc2CCC1Sc1ncco1. The lowest BCUT2D eigenvalue weighted by Gasteiger charge is -2.32. The van der Waals surface area contributed by atoms with E-state index in [2.05, 4.69) is 34.6 Å². The quantitative estimate of drug-likeness (QED) is 0.920. The number of rotatable bonds is 3. The van der Waals surface area contributed by atoms with E-state index in [0.717, 1.165) is 18.1 Å². The van der Waals surface area contributed by atoms with Crippen LogP contribution in [-0.4, -0.2) is 17.3 Å². The highest BCUT2D eigenvalue weighted by Gasteiger charge is 2.29. The number of thioether (sulfide) groups is 1. The Bertz CT molecular complexity index is 512. The number of hydrogen-bond acceptors (Lipinski definition) is 4. The topological polar surface area (TPSA) is 38.1 Å². The van der Waals surface area contributed by atoms with E-state index in [9.17, 15) is 0 Å². The first-order valence-corrected chi connectivity index (χ1v) is 7.07.